The molecule has 0 N–H and O–H groups in total. The van der Waals surface area contributed by atoms with Crippen molar-refractivity contribution in [3.8, 4) is 0 Å². The summed E-state index contributed by atoms with van der Waals surface area (Å²) in [5.74, 6) is -0.464. The number of hydrogen-bond acceptors (Lipinski definition) is 5. The first-order chi connectivity index (χ1) is 12.6. The van der Waals surface area contributed by atoms with Gasteiger partial charge in [-0.3, -0.25) is 9.36 Å². The molecule has 0 aromatic heterocycles. The Bertz CT molecular complexity index is 376. The standard InChI is InChI=1S/C20H41O5P/c1-5-9-10-11-12-13-14-15-16-17-18-19(20(21)23-6-2)26(22,24-7-3)25-8-4/h19H,5-18H2,1-4H3/t19-/m0/s1. The largest absolute Gasteiger partial charge is 0.465 e. The fourth-order valence-electron chi connectivity index (χ4n) is 3.05. The summed E-state index contributed by atoms with van der Waals surface area (Å²) in [5.41, 5.74) is -0.809. The Labute approximate surface area is 161 Å². The second-order valence-electron chi connectivity index (χ2n) is 6.61. The van der Waals surface area contributed by atoms with Gasteiger partial charge < -0.3 is 13.8 Å². The number of unbranched alkanes of at least 4 members (excludes halogenated alkanes) is 9. The molecule has 5 nitrogen and oxygen atoms in total. The van der Waals surface area contributed by atoms with Crippen LogP contribution in [0.5, 0.6) is 0 Å². The maximum Gasteiger partial charge on any atom is 0.344 e. The quantitative estimate of drug-likeness (QED) is 0.151. The monoisotopic (exact) mass is 392 g/mol. The van der Waals surface area contributed by atoms with E-state index in [2.05, 4.69) is 6.92 Å². The van der Waals surface area contributed by atoms with Crippen molar-refractivity contribution in [2.45, 2.75) is 104 Å². The molecule has 0 rings (SSSR count). The Morgan fingerprint density at radius 3 is 1.62 bits per heavy atom. The van der Waals surface area contributed by atoms with Gasteiger partial charge >= 0.3 is 13.6 Å². The van der Waals surface area contributed by atoms with Crippen LogP contribution in [0.25, 0.3) is 0 Å². The van der Waals surface area contributed by atoms with Gasteiger partial charge in [-0.05, 0) is 27.2 Å². The second-order valence-corrected chi connectivity index (χ2v) is 8.83. The van der Waals surface area contributed by atoms with Gasteiger partial charge in [-0.15, -0.1) is 0 Å². The molecule has 0 aliphatic heterocycles. The van der Waals surface area contributed by atoms with Gasteiger partial charge in [-0.1, -0.05) is 71.1 Å². The van der Waals surface area contributed by atoms with Gasteiger partial charge in [0.05, 0.1) is 19.8 Å². The van der Waals surface area contributed by atoms with Gasteiger partial charge in [0.15, 0.2) is 5.66 Å². The van der Waals surface area contributed by atoms with E-state index in [-0.39, 0.29) is 19.8 Å². The zero-order valence-corrected chi connectivity index (χ0v) is 18.4. The minimum Gasteiger partial charge on any atom is -0.465 e. The van der Waals surface area contributed by atoms with Gasteiger partial charge in [0, 0.05) is 0 Å². The van der Waals surface area contributed by atoms with Gasteiger partial charge in [-0.2, -0.15) is 0 Å². The van der Waals surface area contributed by atoms with E-state index in [0.29, 0.717) is 6.42 Å². The highest BCUT2D eigenvalue weighted by Gasteiger charge is 2.41. The zero-order chi connectivity index (χ0) is 19.7. The van der Waals surface area contributed by atoms with Gasteiger partial charge in [0.25, 0.3) is 0 Å². The molecular formula is C20H41O5P. The fraction of sp³-hybridized carbons (Fsp3) is 0.950. The molecule has 0 amide bonds. The van der Waals surface area contributed by atoms with Crippen LogP contribution in [-0.4, -0.2) is 31.4 Å². The molecule has 0 saturated carbocycles. The third-order valence-corrected chi connectivity index (χ3v) is 6.86. The minimum atomic E-state index is -3.47. The first-order valence-electron chi connectivity index (χ1n) is 10.6. The number of carbonyl (C=O) groups is 1. The van der Waals surface area contributed by atoms with Crippen LogP contribution in [0.3, 0.4) is 0 Å². The molecule has 0 heterocycles. The number of esters is 1. The molecule has 0 radical (unpaired) electrons. The Balaban J connectivity index is 4.28. The molecule has 0 bridgehead atoms. The molecule has 0 spiro atoms. The van der Waals surface area contributed by atoms with Gasteiger partial charge in [0.2, 0.25) is 0 Å². The topological polar surface area (TPSA) is 61.8 Å². The van der Waals surface area contributed by atoms with Crippen molar-refractivity contribution in [3.05, 3.63) is 0 Å². The fourth-order valence-corrected chi connectivity index (χ4v) is 5.03. The Morgan fingerprint density at radius 2 is 1.19 bits per heavy atom. The van der Waals surface area contributed by atoms with Crippen molar-refractivity contribution >= 4 is 13.6 Å². The normalized spacial score (nSPS) is 12.9. The molecule has 0 unspecified atom stereocenters. The maximum absolute atomic E-state index is 13.0. The van der Waals surface area contributed by atoms with Crippen molar-refractivity contribution in [1.82, 2.24) is 0 Å². The van der Waals surface area contributed by atoms with Gasteiger partial charge in [-0.25, -0.2) is 0 Å². The van der Waals surface area contributed by atoms with Crippen LogP contribution in [0, 0.1) is 0 Å². The lowest BCUT2D eigenvalue weighted by molar-refractivity contribution is -0.143. The van der Waals surface area contributed by atoms with E-state index in [1.165, 1.54) is 44.9 Å². The lowest BCUT2D eigenvalue weighted by Gasteiger charge is -2.24. The molecule has 0 aliphatic rings. The lowest BCUT2D eigenvalue weighted by Crippen LogP contribution is -2.26. The van der Waals surface area contributed by atoms with E-state index in [4.69, 9.17) is 13.8 Å². The van der Waals surface area contributed by atoms with Crippen molar-refractivity contribution in [2.75, 3.05) is 19.8 Å². The van der Waals surface area contributed by atoms with Crippen LogP contribution in [-0.2, 0) is 23.1 Å². The van der Waals surface area contributed by atoms with Crippen molar-refractivity contribution < 1.29 is 23.1 Å². The highest BCUT2D eigenvalue weighted by Crippen LogP contribution is 2.55. The molecule has 0 aliphatic carbocycles. The molecule has 26 heavy (non-hydrogen) atoms. The number of hydrogen-bond donors (Lipinski definition) is 0. The predicted molar refractivity (Wildman–Crippen MR) is 108 cm³/mol. The first-order valence-corrected chi connectivity index (χ1v) is 12.2. The predicted octanol–water partition coefficient (Wildman–Crippen LogP) is 6.50. The highest BCUT2D eigenvalue weighted by atomic mass is 31.2. The van der Waals surface area contributed by atoms with Crippen LogP contribution >= 0.6 is 7.60 Å². The summed E-state index contributed by atoms with van der Waals surface area (Å²) in [6.07, 6.45) is 12.6. The van der Waals surface area contributed by atoms with Crippen molar-refractivity contribution in [2.24, 2.45) is 0 Å². The minimum absolute atomic E-state index is 0.255. The summed E-state index contributed by atoms with van der Waals surface area (Å²) in [6.45, 7) is 8.28. The average Bonchev–Trinajstić information content (AvgIpc) is 2.60. The van der Waals surface area contributed by atoms with E-state index in [0.717, 1.165) is 19.3 Å². The van der Waals surface area contributed by atoms with Crippen LogP contribution in [0.4, 0.5) is 0 Å². The van der Waals surface area contributed by atoms with Crippen molar-refractivity contribution in [3.63, 3.8) is 0 Å². The average molecular weight is 393 g/mol. The summed E-state index contributed by atoms with van der Waals surface area (Å²) < 4.78 is 28.8. The number of ether oxygens (including phenoxy) is 1. The third-order valence-electron chi connectivity index (χ3n) is 4.39. The number of rotatable bonds is 18. The second kappa shape index (κ2) is 16.8. The summed E-state index contributed by atoms with van der Waals surface area (Å²) in [7, 11) is -3.47. The van der Waals surface area contributed by atoms with E-state index in [9.17, 15) is 9.36 Å². The molecule has 0 fully saturated rings. The molecule has 0 saturated heterocycles. The van der Waals surface area contributed by atoms with Crippen LogP contribution < -0.4 is 0 Å². The summed E-state index contributed by atoms with van der Waals surface area (Å²) in [4.78, 5) is 12.3. The zero-order valence-electron chi connectivity index (χ0n) is 17.5. The highest BCUT2D eigenvalue weighted by molar-refractivity contribution is 7.55. The van der Waals surface area contributed by atoms with Crippen molar-refractivity contribution in [1.29, 1.82) is 0 Å². The van der Waals surface area contributed by atoms with E-state index >= 15 is 0 Å². The molecule has 6 heteroatoms. The first kappa shape index (κ1) is 25.6. The Morgan fingerprint density at radius 1 is 0.731 bits per heavy atom. The molecular weight excluding hydrogens is 351 g/mol. The number of carbonyl (C=O) groups excluding carboxylic acids is 1. The Hall–Kier alpha value is -0.380. The molecule has 156 valence electrons. The SMILES string of the molecule is CCCCCCCCCCCC[C@@H](C(=O)OCC)P(=O)(OCC)OCC. The summed E-state index contributed by atoms with van der Waals surface area (Å²) >= 11 is 0. The summed E-state index contributed by atoms with van der Waals surface area (Å²) in [6, 6.07) is 0. The van der Waals surface area contributed by atoms with E-state index in [1.54, 1.807) is 20.8 Å². The van der Waals surface area contributed by atoms with Crippen LogP contribution in [0.15, 0.2) is 0 Å². The molecule has 0 aromatic carbocycles. The smallest absolute Gasteiger partial charge is 0.344 e. The molecule has 1 atom stereocenters. The van der Waals surface area contributed by atoms with Crippen LogP contribution in [0.2, 0.25) is 0 Å². The maximum atomic E-state index is 13.0. The van der Waals surface area contributed by atoms with E-state index < -0.39 is 19.2 Å². The lowest BCUT2D eigenvalue weighted by atomic mass is 10.1. The summed E-state index contributed by atoms with van der Waals surface area (Å²) in [5, 5.41) is 0. The van der Waals surface area contributed by atoms with Crippen LogP contribution in [0.1, 0.15) is 98.3 Å². The van der Waals surface area contributed by atoms with Gasteiger partial charge in [0.1, 0.15) is 0 Å². The molecule has 0 aromatic rings. The Kier molecular flexibility index (Phi) is 16.5. The third kappa shape index (κ3) is 11.4. The van der Waals surface area contributed by atoms with E-state index in [1.807, 2.05) is 0 Å².